The van der Waals surface area contributed by atoms with Crippen LogP contribution in [0.1, 0.15) is 28.1 Å². The van der Waals surface area contributed by atoms with Crippen molar-refractivity contribution in [1.82, 2.24) is 15.6 Å². The van der Waals surface area contributed by atoms with Crippen LogP contribution in [0.2, 0.25) is 0 Å². The SMILES string of the molecule is CCNC(=NCc1ccccc1OC)NCCc1nc(C)c(C)s1. The zero-order chi connectivity index (χ0) is 17.4. The fourth-order valence-corrected chi connectivity index (χ4v) is 3.21. The summed E-state index contributed by atoms with van der Waals surface area (Å²) >= 11 is 1.77. The van der Waals surface area contributed by atoms with E-state index in [1.807, 2.05) is 24.3 Å². The maximum Gasteiger partial charge on any atom is 0.191 e. The molecular weight excluding hydrogens is 320 g/mol. The number of hydrogen-bond acceptors (Lipinski definition) is 4. The molecule has 0 atom stereocenters. The summed E-state index contributed by atoms with van der Waals surface area (Å²) < 4.78 is 5.37. The normalized spacial score (nSPS) is 11.4. The third-order valence-corrected chi connectivity index (χ3v) is 4.78. The van der Waals surface area contributed by atoms with Crippen LogP contribution in [0.5, 0.6) is 5.75 Å². The van der Waals surface area contributed by atoms with Crippen LogP contribution in [0.3, 0.4) is 0 Å². The van der Waals surface area contributed by atoms with E-state index in [9.17, 15) is 0 Å². The second-order valence-corrected chi connectivity index (χ2v) is 6.72. The Morgan fingerprint density at radius 3 is 2.71 bits per heavy atom. The number of aromatic nitrogens is 1. The summed E-state index contributed by atoms with van der Waals surface area (Å²) in [5.74, 6) is 1.68. The summed E-state index contributed by atoms with van der Waals surface area (Å²) in [5.41, 5.74) is 2.20. The highest BCUT2D eigenvalue weighted by Crippen LogP contribution is 2.18. The average molecular weight is 347 g/mol. The zero-order valence-corrected chi connectivity index (χ0v) is 15.7. The van der Waals surface area contributed by atoms with Crippen LogP contribution >= 0.6 is 11.3 Å². The van der Waals surface area contributed by atoms with E-state index in [-0.39, 0.29) is 0 Å². The summed E-state index contributed by atoms with van der Waals surface area (Å²) in [6, 6.07) is 7.96. The molecular formula is C18H26N4OS. The highest BCUT2D eigenvalue weighted by Gasteiger charge is 2.05. The highest BCUT2D eigenvalue weighted by atomic mass is 32.1. The molecule has 2 N–H and O–H groups in total. The van der Waals surface area contributed by atoms with Crippen LogP contribution < -0.4 is 15.4 Å². The number of rotatable bonds is 7. The van der Waals surface area contributed by atoms with Crippen molar-refractivity contribution in [1.29, 1.82) is 0 Å². The van der Waals surface area contributed by atoms with Crippen molar-refractivity contribution >= 4 is 17.3 Å². The van der Waals surface area contributed by atoms with Crippen LogP contribution in [0.4, 0.5) is 0 Å². The number of ether oxygens (including phenoxy) is 1. The number of hydrogen-bond donors (Lipinski definition) is 2. The van der Waals surface area contributed by atoms with Crippen LogP contribution in [0.15, 0.2) is 29.3 Å². The number of guanidine groups is 1. The van der Waals surface area contributed by atoms with Gasteiger partial charge in [0.1, 0.15) is 5.75 Å². The Morgan fingerprint density at radius 2 is 2.04 bits per heavy atom. The van der Waals surface area contributed by atoms with Gasteiger partial charge in [0.2, 0.25) is 0 Å². The minimum atomic E-state index is 0.578. The minimum Gasteiger partial charge on any atom is -0.496 e. The second kappa shape index (κ2) is 9.27. The van der Waals surface area contributed by atoms with Crippen LogP contribution in [-0.2, 0) is 13.0 Å². The van der Waals surface area contributed by atoms with Gasteiger partial charge < -0.3 is 15.4 Å². The number of para-hydroxylation sites is 1. The zero-order valence-electron chi connectivity index (χ0n) is 14.8. The van der Waals surface area contributed by atoms with Gasteiger partial charge in [-0.2, -0.15) is 0 Å². The third-order valence-electron chi connectivity index (χ3n) is 3.65. The molecule has 1 heterocycles. The molecule has 0 fully saturated rings. The Kier molecular flexibility index (Phi) is 7.06. The molecule has 2 rings (SSSR count). The van der Waals surface area contributed by atoms with Crippen molar-refractivity contribution in [2.75, 3.05) is 20.2 Å². The number of benzene rings is 1. The molecule has 0 aliphatic rings. The van der Waals surface area contributed by atoms with E-state index in [0.717, 1.165) is 47.5 Å². The summed E-state index contributed by atoms with van der Waals surface area (Å²) in [7, 11) is 1.68. The monoisotopic (exact) mass is 346 g/mol. The Balaban J connectivity index is 1.92. The van der Waals surface area contributed by atoms with Crippen molar-refractivity contribution in [3.8, 4) is 5.75 Å². The van der Waals surface area contributed by atoms with Crippen molar-refractivity contribution < 1.29 is 4.74 Å². The van der Waals surface area contributed by atoms with Gasteiger partial charge in [0, 0.05) is 30.0 Å². The van der Waals surface area contributed by atoms with Gasteiger partial charge in [-0.05, 0) is 26.8 Å². The fraction of sp³-hybridized carbons (Fsp3) is 0.444. The topological polar surface area (TPSA) is 58.5 Å². The Labute approximate surface area is 148 Å². The predicted molar refractivity (Wildman–Crippen MR) is 101 cm³/mol. The molecule has 130 valence electrons. The van der Waals surface area contributed by atoms with Gasteiger partial charge in [-0.1, -0.05) is 18.2 Å². The molecule has 0 saturated heterocycles. The van der Waals surface area contributed by atoms with Gasteiger partial charge in [0.15, 0.2) is 5.96 Å². The molecule has 0 spiro atoms. The minimum absolute atomic E-state index is 0.578. The number of nitrogens with one attached hydrogen (secondary N) is 2. The third kappa shape index (κ3) is 5.23. The lowest BCUT2D eigenvalue weighted by atomic mass is 10.2. The molecule has 0 aliphatic heterocycles. The number of aryl methyl sites for hydroxylation is 2. The first-order valence-electron chi connectivity index (χ1n) is 8.21. The maximum absolute atomic E-state index is 5.37. The van der Waals surface area contributed by atoms with E-state index < -0.39 is 0 Å². The summed E-state index contributed by atoms with van der Waals surface area (Å²) in [6.07, 6.45) is 0.901. The summed E-state index contributed by atoms with van der Waals surface area (Å²) in [5, 5.41) is 7.81. The van der Waals surface area contributed by atoms with Gasteiger partial charge >= 0.3 is 0 Å². The lowest BCUT2D eigenvalue weighted by molar-refractivity contribution is 0.410. The average Bonchev–Trinajstić information content (AvgIpc) is 2.91. The summed E-state index contributed by atoms with van der Waals surface area (Å²) in [6.45, 7) is 8.45. The quantitative estimate of drug-likeness (QED) is 0.597. The van der Waals surface area contributed by atoms with E-state index in [1.54, 1.807) is 18.4 Å². The van der Waals surface area contributed by atoms with Crippen molar-refractivity contribution in [3.05, 3.63) is 45.4 Å². The Hall–Kier alpha value is -2.08. The molecule has 5 nitrogen and oxygen atoms in total. The number of thiazole rings is 1. The van der Waals surface area contributed by atoms with Gasteiger partial charge in [-0.3, -0.25) is 0 Å². The Morgan fingerprint density at radius 1 is 1.25 bits per heavy atom. The highest BCUT2D eigenvalue weighted by molar-refractivity contribution is 7.11. The molecule has 0 bridgehead atoms. The van der Waals surface area contributed by atoms with Crippen LogP contribution in [0.25, 0.3) is 0 Å². The molecule has 0 aliphatic carbocycles. The molecule has 2 aromatic rings. The van der Waals surface area contributed by atoms with E-state index in [0.29, 0.717) is 6.54 Å². The summed E-state index contributed by atoms with van der Waals surface area (Å²) in [4.78, 5) is 10.5. The molecule has 1 aromatic heterocycles. The second-order valence-electron chi connectivity index (χ2n) is 5.43. The first kappa shape index (κ1) is 18.3. The lowest BCUT2D eigenvalue weighted by Gasteiger charge is -2.11. The molecule has 0 unspecified atom stereocenters. The van der Waals surface area contributed by atoms with Gasteiger partial charge in [-0.15, -0.1) is 11.3 Å². The van der Waals surface area contributed by atoms with Crippen LogP contribution in [-0.4, -0.2) is 31.1 Å². The lowest BCUT2D eigenvalue weighted by Crippen LogP contribution is -2.38. The van der Waals surface area contributed by atoms with E-state index >= 15 is 0 Å². The van der Waals surface area contributed by atoms with Gasteiger partial charge in [-0.25, -0.2) is 9.98 Å². The predicted octanol–water partition coefficient (Wildman–Crippen LogP) is 3.07. The molecule has 24 heavy (non-hydrogen) atoms. The van der Waals surface area contributed by atoms with Crippen LogP contribution in [0, 0.1) is 13.8 Å². The number of nitrogens with zero attached hydrogens (tertiary/aromatic N) is 2. The smallest absolute Gasteiger partial charge is 0.191 e. The molecule has 0 amide bonds. The molecule has 6 heteroatoms. The van der Waals surface area contributed by atoms with E-state index in [4.69, 9.17) is 4.74 Å². The van der Waals surface area contributed by atoms with Gasteiger partial charge in [0.25, 0.3) is 0 Å². The van der Waals surface area contributed by atoms with E-state index in [1.165, 1.54) is 4.88 Å². The largest absolute Gasteiger partial charge is 0.496 e. The molecule has 0 radical (unpaired) electrons. The van der Waals surface area contributed by atoms with Crippen molar-refractivity contribution in [2.45, 2.75) is 33.7 Å². The fourth-order valence-electron chi connectivity index (χ4n) is 2.27. The van der Waals surface area contributed by atoms with Crippen molar-refractivity contribution in [3.63, 3.8) is 0 Å². The van der Waals surface area contributed by atoms with Gasteiger partial charge in [0.05, 0.1) is 24.4 Å². The van der Waals surface area contributed by atoms with E-state index in [2.05, 4.69) is 41.4 Å². The molecule has 0 saturated carbocycles. The standard InChI is InChI=1S/C18H26N4OS/c1-5-19-18(20-11-10-17-22-13(2)14(3)24-17)21-12-15-8-6-7-9-16(15)23-4/h6-9H,5,10-12H2,1-4H3,(H2,19,20,21). The first-order valence-corrected chi connectivity index (χ1v) is 9.02. The first-order chi connectivity index (χ1) is 11.6. The number of methoxy groups -OCH3 is 1. The maximum atomic E-state index is 5.37. The molecule has 1 aromatic carbocycles. The Bertz CT molecular complexity index is 662. The number of aliphatic imine (C=N–C) groups is 1. The van der Waals surface area contributed by atoms with Crippen molar-refractivity contribution in [2.24, 2.45) is 4.99 Å².